The third-order valence-electron chi connectivity index (χ3n) is 6.85. The molecule has 2 aliphatic carbocycles. The number of hydrogen-bond donors (Lipinski definition) is 2. The number of amides is 3. The van der Waals surface area contributed by atoms with Crippen molar-refractivity contribution in [2.24, 2.45) is 5.92 Å². The fraction of sp³-hybridized carbons (Fsp3) is 0.769. The summed E-state index contributed by atoms with van der Waals surface area (Å²) in [5, 5.41) is 6.16. The minimum absolute atomic E-state index is 0.0589. The lowest BCUT2D eigenvalue weighted by atomic mass is 9.84. The standard InChI is InChI=1S/C26H42N4O5S2/c1-17-11-13-19(14-12-17)30(18-9-7-6-8-10-18)24(32)29-23-27-15-21(37-23)36-16-20(22(31)34-5)28-25(33)35-26(2,3)4/h15,17-20H,6-14,16H2,1-5H3,(H,28,33)(H,27,29,32). The number of nitrogens with one attached hydrogen (secondary N) is 2. The average molecular weight is 555 g/mol. The third kappa shape index (κ3) is 9.35. The number of ether oxygens (including phenoxy) is 2. The van der Waals surface area contributed by atoms with Crippen molar-refractivity contribution >= 4 is 46.3 Å². The molecule has 208 valence electrons. The Bertz CT molecular complexity index is 905. The lowest BCUT2D eigenvalue weighted by Gasteiger charge is -2.42. The van der Waals surface area contributed by atoms with Crippen molar-refractivity contribution in [3.05, 3.63) is 6.20 Å². The smallest absolute Gasteiger partial charge is 0.408 e. The number of anilines is 1. The van der Waals surface area contributed by atoms with Crippen LogP contribution in [0.4, 0.5) is 14.7 Å². The molecular weight excluding hydrogens is 512 g/mol. The van der Waals surface area contributed by atoms with Crippen molar-refractivity contribution < 1.29 is 23.9 Å². The van der Waals surface area contributed by atoms with E-state index in [0.29, 0.717) is 11.2 Å². The number of esters is 1. The van der Waals surface area contributed by atoms with E-state index >= 15 is 0 Å². The van der Waals surface area contributed by atoms with E-state index in [-0.39, 0.29) is 17.8 Å². The van der Waals surface area contributed by atoms with Crippen molar-refractivity contribution in [2.75, 3.05) is 18.2 Å². The van der Waals surface area contributed by atoms with Crippen molar-refractivity contribution in [2.45, 2.75) is 113 Å². The average Bonchev–Trinajstić information content (AvgIpc) is 3.29. The quantitative estimate of drug-likeness (QED) is 0.297. The number of urea groups is 1. The lowest BCUT2D eigenvalue weighted by molar-refractivity contribution is -0.142. The van der Waals surface area contributed by atoms with E-state index < -0.39 is 23.7 Å². The van der Waals surface area contributed by atoms with Crippen molar-refractivity contribution in [1.82, 2.24) is 15.2 Å². The minimum Gasteiger partial charge on any atom is -0.467 e. The molecule has 0 aliphatic heterocycles. The second kappa shape index (κ2) is 13.7. The summed E-state index contributed by atoms with van der Waals surface area (Å²) in [4.78, 5) is 44.4. The maximum atomic E-state index is 13.5. The summed E-state index contributed by atoms with van der Waals surface area (Å²) in [6.45, 7) is 7.56. The number of thioether (sulfide) groups is 1. The van der Waals surface area contributed by atoms with Gasteiger partial charge in [0.25, 0.3) is 0 Å². The molecule has 3 rings (SSSR count). The molecule has 1 unspecified atom stereocenters. The SMILES string of the molecule is COC(=O)C(CSc1cnc(NC(=O)N(C2CCCCC2)C2CCC(C)CC2)s1)NC(=O)OC(C)(C)C. The van der Waals surface area contributed by atoms with E-state index in [1.807, 2.05) is 0 Å². The number of hydrogen-bond acceptors (Lipinski definition) is 8. The van der Waals surface area contributed by atoms with Crippen LogP contribution in [-0.2, 0) is 14.3 Å². The molecular formula is C26H42N4O5S2. The summed E-state index contributed by atoms with van der Waals surface area (Å²) in [7, 11) is 1.28. The topological polar surface area (TPSA) is 110 Å². The number of alkyl carbamates (subject to hydrolysis) is 1. The highest BCUT2D eigenvalue weighted by molar-refractivity contribution is 8.01. The Morgan fingerprint density at radius 3 is 2.38 bits per heavy atom. The zero-order valence-electron chi connectivity index (χ0n) is 22.7. The third-order valence-corrected chi connectivity index (χ3v) is 9.05. The van der Waals surface area contributed by atoms with Crippen LogP contribution in [0.15, 0.2) is 10.4 Å². The van der Waals surface area contributed by atoms with Crippen LogP contribution in [0.2, 0.25) is 0 Å². The van der Waals surface area contributed by atoms with Gasteiger partial charge in [-0.1, -0.05) is 37.5 Å². The van der Waals surface area contributed by atoms with Crippen molar-refractivity contribution in [3.8, 4) is 0 Å². The molecule has 1 heterocycles. The van der Waals surface area contributed by atoms with E-state index in [0.717, 1.165) is 48.7 Å². The molecule has 0 spiro atoms. The second-order valence-corrected chi connectivity index (χ2v) is 13.4. The van der Waals surface area contributed by atoms with E-state index in [1.165, 1.54) is 49.5 Å². The Labute approximate surface area is 228 Å². The minimum atomic E-state index is -0.875. The van der Waals surface area contributed by atoms with Crippen molar-refractivity contribution in [1.29, 1.82) is 0 Å². The first-order chi connectivity index (χ1) is 17.6. The molecule has 0 radical (unpaired) electrons. The monoisotopic (exact) mass is 554 g/mol. The van der Waals surface area contributed by atoms with E-state index in [1.54, 1.807) is 27.0 Å². The molecule has 0 saturated heterocycles. The summed E-state index contributed by atoms with van der Waals surface area (Å²) in [5.74, 6) is 0.418. The van der Waals surface area contributed by atoms with Gasteiger partial charge in [0.2, 0.25) is 0 Å². The van der Waals surface area contributed by atoms with Gasteiger partial charge in [-0.05, 0) is 65.2 Å². The van der Waals surface area contributed by atoms with Gasteiger partial charge in [0.05, 0.1) is 17.5 Å². The molecule has 2 N–H and O–H groups in total. The molecule has 2 saturated carbocycles. The van der Waals surface area contributed by atoms with Crippen molar-refractivity contribution in [3.63, 3.8) is 0 Å². The van der Waals surface area contributed by atoms with Gasteiger partial charge in [-0.25, -0.2) is 19.4 Å². The maximum absolute atomic E-state index is 13.5. The number of thiazole rings is 1. The van der Waals surface area contributed by atoms with Gasteiger partial charge in [-0.15, -0.1) is 11.8 Å². The largest absolute Gasteiger partial charge is 0.467 e. The Morgan fingerprint density at radius 2 is 1.76 bits per heavy atom. The Kier molecular flexibility index (Phi) is 10.9. The maximum Gasteiger partial charge on any atom is 0.408 e. The van der Waals surface area contributed by atoms with Gasteiger partial charge in [-0.2, -0.15) is 0 Å². The number of nitrogens with zero attached hydrogens (tertiary/aromatic N) is 2. The number of carbonyl (C=O) groups is 3. The van der Waals surface area contributed by atoms with Crippen LogP contribution in [0, 0.1) is 5.92 Å². The highest BCUT2D eigenvalue weighted by Crippen LogP contribution is 2.34. The molecule has 37 heavy (non-hydrogen) atoms. The molecule has 0 bridgehead atoms. The summed E-state index contributed by atoms with van der Waals surface area (Å²) in [5.41, 5.74) is -0.677. The van der Waals surface area contributed by atoms with Crippen LogP contribution < -0.4 is 10.6 Å². The molecule has 9 nitrogen and oxygen atoms in total. The van der Waals surface area contributed by atoms with E-state index in [9.17, 15) is 14.4 Å². The highest BCUT2D eigenvalue weighted by Gasteiger charge is 2.34. The molecule has 2 aliphatic rings. The zero-order chi connectivity index (χ0) is 27.0. The number of carbonyl (C=O) groups excluding carboxylic acids is 3. The summed E-state index contributed by atoms with van der Waals surface area (Å²) < 4.78 is 10.9. The fourth-order valence-corrected chi connectivity index (χ4v) is 6.87. The van der Waals surface area contributed by atoms with Crippen LogP contribution in [0.5, 0.6) is 0 Å². The first-order valence-electron chi connectivity index (χ1n) is 13.3. The predicted octanol–water partition coefficient (Wildman–Crippen LogP) is 6.05. The van der Waals surface area contributed by atoms with Crippen LogP contribution >= 0.6 is 23.1 Å². The molecule has 1 aromatic heterocycles. The summed E-state index contributed by atoms with van der Waals surface area (Å²) >= 11 is 2.72. The molecule has 1 atom stereocenters. The molecule has 2 fully saturated rings. The van der Waals surface area contributed by atoms with Crippen LogP contribution in [0.3, 0.4) is 0 Å². The summed E-state index contributed by atoms with van der Waals surface area (Å²) in [6.07, 6.45) is 11.2. The van der Waals surface area contributed by atoms with Crippen LogP contribution in [0.25, 0.3) is 0 Å². The van der Waals surface area contributed by atoms with Gasteiger partial charge >= 0.3 is 18.1 Å². The van der Waals surface area contributed by atoms with Crippen LogP contribution in [-0.4, -0.2) is 64.6 Å². The molecule has 1 aromatic rings. The predicted molar refractivity (Wildman–Crippen MR) is 147 cm³/mol. The normalized spacial score (nSPS) is 21.5. The van der Waals surface area contributed by atoms with Crippen LogP contribution in [0.1, 0.15) is 85.5 Å². The van der Waals surface area contributed by atoms with Gasteiger partial charge in [-0.3, -0.25) is 5.32 Å². The molecule has 11 heteroatoms. The van der Waals surface area contributed by atoms with Gasteiger partial charge < -0.3 is 19.7 Å². The van der Waals surface area contributed by atoms with E-state index in [4.69, 9.17) is 9.47 Å². The Morgan fingerprint density at radius 1 is 1.11 bits per heavy atom. The zero-order valence-corrected chi connectivity index (χ0v) is 24.3. The second-order valence-electron chi connectivity index (χ2n) is 11.1. The highest BCUT2D eigenvalue weighted by atomic mass is 32.2. The number of rotatable bonds is 8. The first-order valence-corrected chi connectivity index (χ1v) is 15.1. The Hall–Kier alpha value is -2.01. The van der Waals surface area contributed by atoms with Gasteiger partial charge in [0.1, 0.15) is 11.6 Å². The lowest BCUT2D eigenvalue weighted by Crippen LogP contribution is -2.51. The summed E-state index contributed by atoms with van der Waals surface area (Å²) in [6, 6.07) is -0.356. The van der Waals surface area contributed by atoms with Gasteiger partial charge in [0, 0.05) is 17.8 Å². The number of methoxy groups -OCH3 is 1. The number of aromatic nitrogens is 1. The fourth-order valence-electron chi connectivity index (χ4n) is 4.98. The van der Waals surface area contributed by atoms with Gasteiger partial charge in [0.15, 0.2) is 5.13 Å². The van der Waals surface area contributed by atoms with E-state index in [2.05, 4.69) is 27.4 Å². The first kappa shape index (κ1) is 29.5. The Balaban J connectivity index is 1.60. The molecule has 0 aromatic carbocycles. The molecule has 3 amide bonds.